The Labute approximate surface area is 58.6 Å². The van der Waals surface area contributed by atoms with Gasteiger partial charge in [-0.2, -0.15) is 0 Å². The van der Waals surface area contributed by atoms with Gasteiger partial charge in [-0.25, -0.2) is 0 Å². The zero-order valence-electron chi connectivity index (χ0n) is 5.66. The van der Waals surface area contributed by atoms with Gasteiger partial charge in [0.2, 0.25) is 12.1 Å². The summed E-state index contributed by atoms with van der Waals surface area (Å²) < 4.78 is 10.2. The lowest BCUT2D eigenvalue weighted by atomic mass is 10.1. The molecule has 0 amide bonds. The van der Waals surface area contributed by atoms with Crippen molar-refractivity contribution in [3.63, 3.8) is 0 Å². The number of hydrogen-bond acceptors (Lipinski definition) is 3. The van der Waals surface area contributed by atoms with E-state index in [1.165, 1.54) is 0 Å². The van der Waals surface area contributed by atoms with E-state index < -0.39 is 6.29 Å². The summed E-state index contributed by atoms with van der Waals surface area (Å²) in [7, 11) is 0. The molecule has 2 aliphatic heterocycles. The molecule has 0 aromatic carbocycles. The van der Waals surface area contributed by atoms with Crippen LogP contribution in [0.15, 0.2) is 11.6 Å². The van der Waals surface area contributed by atoms with Crippen LogP contribution in [0, 0.1) is 0 Å². The Kier molecular flexibility index (Phi) is 1.16. The second-order valence-electron chi connectivity index (χ2n) is 2.58. The van der Waals surface area contributed by atoms with E-state index in [1.807, 2.05) is 6.92 Å². The summed E-state index contributed by atoms with van der Waals surface area (Å²) in [6, 6.07) is 0. The van der Waals surface area contributed by atoms with Gasteiger partial charge in [0.25, 0.3) is 0 Å². The van der Waals surface area contributed by atoms with Crippen molar-refractivity contribution in [3.05, 3.63) is 11.6 Å². The van der Waals surface area contributed by atoms with Crippen molar-refractivity contribution in [2.45, 2.75) is 19.3 Å². The standard InChI is InChI=1S/C7H8O3/c1-4-2-5(8)7-9-3-6(4)10-7/h2,6-7H,3H2,1H3/t6-,7-/m1/s1. The zero-order chi connectivity index (χ0) is 7.14. The minimum absolute atomic E-state index is 0.0303. The van der Waals surface area contributed by atoms with Gasteiger partial charge >= 0.3 is 0 Å². The Bertz CT molecular complexity index is 207. The number of hydrogen-bond donors (Lipinski definition) is 0. The first-order valence-electron chi connectivity index (χ1n) is 3.26. The van der Waals surface area contributed by atoms with Crippen molar-refractivity contribution >= 4 is 5.78 Å². The van der Waals surface area contributed by atoms with Gasteiger partial charge in [0.1, 0.15) is 6.10 Å². The monoisotopic (exact) mass is 140 g/mol. The molecule has 0 aliphatic carbocycles. The van der Waals surface area contributed by atoms with Crippen molar-refractivity contribution < 1.29 is 14.3 Å². The maximum Gasteiger partial charge on any atom is 0.222 e. The molecule has 0 spiro atoms. The fraction of sp³-hybridized carbons (Fsp3) is 0.571. The molecule has 54 valence electrons. The van der Waals surface area contributed by atoms with Crippen LogP contribution in [-0.2, 0) is 14.3 Å². The number of carbonyl (C=O) groups is 1. The highest BCUT2D eigenvalue weighted by molar-refractivity contribution is 5.94. The number of ether oxygens (including phenoxy) is 2. The van der Waals surface area contributed by atoms with Crippen LogP contribution in [0.25, 0.3) is 0 Å². The minimum atomic E-state index is -0.603. The molecular weight excluding hydrogens is 132 g/mol. The molecular formula is C7H8O3. The molecule has 2 heterocycles. The summed E-state index contributed by atoms with van der Waals surface area (Å²) in [4.78, 5) is 10.9. The lowest BCUT2D eigenvalue weighted by molar-refractivity contribution is -0.142. The molecule has 2 aliphatic rings. The van der Waals surface area contributed by atoms with Crippen LogP contribution >= 0.6 is 0 Å². The van der Waals surface area contributed by atoms with Crippen LogP contribution < -0.4 is 0 Å². The Morgan fingerprint density at radius 1 is 1.70 bits per heavy atom. The van der Waals surface area contributed by atoms with E-state index in [9.17, 15) is 4.79 Å². The number of ketones is 1. The Morgan fingerprint density at radius 2 is 2.50 bits per heavy atom. The molecule has 0 saturated carbocycles. The summed E-state index contributed by atoms with van der Waals surface area (Å²) in [5, 5.41) is 0. The van der Waals surface area contributed by atoms with Gasteiger partial charge in [-0.05, 0) is 18.6 Å². The highest BCUT2D eigenvalue weighted by Gasteiger charge is 2.35. The third-order valence-corrected chi connectivity index (χ3v) is 1.80. The van der Waals surface area contributed by atoms with Crippen molar-refractivity contribution in [2.24, 2.45) is 0 Å². The molecule has 10 heavy (non-hydrogen) atoms. The number of carbonyl (C=O) groups excluding carboxylic acids is 1. The predicted octanol–water partition coefficient (Wildman–Crippen LogP) is 0.257. The average molecular weight is 140 g/mol. The van der Waals surface area contributed by atoms with Gasteiger partial charge in [-0.15, -0.1) is 0 Å². The summed E-state index contributed by atoms with van der Waals surface area (Å²) in [6.45, 7) is 2.41. The quantitative estimate of drug-likeness (QED) is 0.484. The Morgan fingerprint density at radius 3 is 3.30 bits per heavy atom. The first-order valence-corrected chi connectivity index (χ1v) is 3.26. The van der Waals surface area contributed by atoms with Crippen LogP contribution in [0.3, 0.4) is 0 Å². The van der Waals surface area contributed by atoms with E-state index in [0.717, 1.165) is 5.57 Å². The topological polar surface area (TPSA) is 35.5 Å². The molecule has 0 radical (unpaired) electrons. The SMILES string of the molecule is CC1=CC(=O)[C@@H]2OC[C@H]1O2. The van der Waals surface area contributed by atoms with Gasteiger partial charge in [-0.3, -0.25) is 4.79 Å². The molecule has 0 aromatic heterocycles. The van der Waals surface area contributed by atoms with E-state index in [2.05, 4.69) is 0 Å². The van der Waals surface area contributed by atoms with Crippen LogP contribution in [0.5, 0.6) is 0 Å². The molecule has 3 heteroatoms. The maximum atomic E-state index is 10.9. The van der Waals surface area contributed by atoms with Crippen LogP contribution in [0.2, 0.25) is 0 Å². The molecule has 0 N–H and O–H groups in total. The van der Waals surface area contributed by atoms with Crippen molar-refractivity contribution in [3.8, 4) is 0 Å². The van der Waals surface area contributed by atoms with E-state index >= 15 is 0 Å². The second kappa shape index (κ2) is 1.90. The minimum Gasteiger partial charge on any atom is -0.343 e. The first kappa shape index (κ1) is 6.07. The van der Waals surface area contributed by atoms with Gasteiger partial charge in [0.15, 0.2) is 0 Å². The Hall–Kier alpha value is -0.670. The van der Waals surface area contributed by atoms with E-state index in [0.29, 0.717) is 6.61 Å². The fourth-order valence-corrected chi connectivity index (χ4v) is 1.18. The number of fused-ring (bicyclic) bond motifs is 2. The van der Waals surface area contributed by atoms with Gasteiger partial charge in [-0.1, -0.05) is 0 Å². The molecule has 3 nitrogen and oxygen atoms in total. The van der Waals surface area contributed by atoms with Crippen LogP contribution in [0.4, 0.5) is 0 Å². The van der Waals surface area contributed by atoms with E-state index in [-0.39, 0.29) is 11.9 Å². The van der Waals surface area contributed by atoms with Gasteiger partial charge < -0.3 is 9.47 Å². The molecule has 2 bridgehead atoms. The third-order valence-electron chi connectivity index (χ3n) is 1.80. The lowest BCUT2D eigenvalue weighted by Crippen LogP contribution is -2.26. The third kappa shape index (κ3) is 0.711. The lowest BCUT2D eigenvalue weighted by Gasteiger charge is -2.14. The van der Waals surface area contributed by atoms with E-state index in [4.69, 9.17) is 9.47 Å². The second-order valence-corrected chi connectivity index (χ2v) is 2.58. The predicted molar refractivity (Wildman–Crippen MR) is 33.4 cm³/mol. The van der Waals surface area contributed by atoms with Crippen molar-refractivity contribution in [2.75, 3.05) is 6.61 Å². The summed E-state index contributed by atoms with van der Waals surface area (Å²) in [5.74, 6) is -0.0637. The first-order chi connectivity index (χ1) is 4.77. The zero-order valence-corrected chi connectivity index (χ0v) is 5.66. The highest BCUT2D eigenvalue weighted by atomic mass is 16.7. The molecule has 0 unspecified atom stereocenters. The molecule has 1 saturated heterocycles. The smallest absolute Gasteiger partial charge is 0.222 e. The molecule has 0 aromatic rings. The summed E-state index contributed by atoms with van der Waals surface area (Å²) >= 11 is 0. The largest absolute Gasteiger partial charge is 0.343 e. The fourth-order valence-electron chi connectivity index (χ4n) is 1.18. The molecule has 2 rings (SSSR count). The van der Waals surface area contributed by atoms with Crippen molar-refractivity contribution in [1.29, 1.82) is 0 Å². The highest BCUT2D eigenvalue weighted by Crippen LogP contribution is 2.23. The summed E-state index contributed by atoms with van der Waals surface area (Å²) in [6.07, 6.45) is 1.03. The normalized spacial score (nSPS) is 38.1. The average Bonchev–Trinajstić information content (AvgIpc) is 2.28. The Balaban J connectivity index is 2.33. The van der Waals surface area contributed by atoms with Gasteiger partial charge in [0, 0.05) is 0 Å². The molecule has 2 atom stereocenters. The summed E-state index contributed by atoms with van der Waals surface area (Å²) in [5.41, 5.74) is 0.971. The van der Waals surface area contributed by atoms with Crippen LogP contribution in [-0.4, -0.2) is 24.8 Å². The van der Waals surface area contributed by atoms with Crippen LogP contribution in [0.1, 0.15) is 6.92 Å². The molecule has 1 fully saturated rings. The number of rotatable bonds is 0. The van der Waals surface area contributed by atoms with Gasteiger partial charge in [0.05, 0.1) is 6.61 Å². The van der Waals surface area contributed by atoms with E-state index in [1.54, 1.807) is 6.08 Å². The maximum absolute atomic E-state index is 10.9. The van der Waals surface area contributed by atoms with Crippen molar-refractivity contribution in [1.82, 2.24) is 0 Å².